The van der Waals surface area contributed by atoms with Crippen LogP contribution < -0.4 is 10.2 Å². The van der Waals surface area contributed by atoms with Gasteiger partial charge in [0.2, 0.25) is 5.92 Å². The number of hydrogen-bond donors (Lipinski definition) is 2. The second-order valence-electron chi connectivity index (χ2n) is 10.8. The summed E-state index contributed by atoms with van der Waals surface area (Å²) in [6.45, 7) is 2.09. The number of alkyl halides is 2. The van der Waals surface area contributed by atoms with Crippen molar-refractivity contribution >= 4 is 28.2 Å². The molecule has 3 aromatic heterocycles. The summed E-state index contributed by atoms with van der Waals surface area (Å²) in [7, 11) is 0. The van der Waals surface area contributed by atoms with Crippen LogP contribution in [0.4, 0.5) is 20.2 Å². The minimum atomic E-state index is -2.54. The number of rotatable bonds is 6. The Morgan fingerprint density at radius 1 is 1.00 bits per heavy atom. The second kappa shape index (κ2) is 10.7. The first-order valence-corrected chi connectivity index (χ1v) is 13.8. The third-order valence-corrected chi connectivity index (χ3v) is 7.96. The maximum Gasteiger partial charge on any atom is 0.276 e. The zero-order valence-electron chi connectivity index (χ0n) is 21.8. The fourth-order valence-corrected chi connectivity index (χ4v) is 5.74. The van der Waals surface area contributed by atoms with E-state index in [1.54, 1.807) is 12.3 Å². The molecule has 2 aliphatic rings. The van der Waals surface area contributed by atoms with Crippen LogP contribution in [-0.4, -0.2) is 45.1 Å². The number of carbonyl (C=O) groups excluding carboxylic acids is 1. The first-order chi connectivity index (χ1) is 18.9. The van der Waals surface area contributed by atoms with Crippen molar-refractivity contribution in [3.05, 3.63) is 66.4 Å². The highest BCUT2D eigenvalue weighted by atomic mass is 19.3. The molecule has 202 valence electrons. The molecular formula is C30H32F2N6O. The van der Waals surface area contributed by atoms with E-state index in [2.05, 4.69) is 36.4 Å². The number of amides is 1. The summed E-state index contributed by atoms with van der Waals surface area (Å²) in [5, 5.41) is 10.9. The van der Waals surface area contributed by atoms with Crippen molar-refractivity contribution in [1.29, 1.82) is 0 Å². The molecule has 1 saturated heterocycles. The van der Waals surface area contributed by atoms with Gasteiger partial charge < -0.3 is 10.2 Å². The van der Waals surface area contributed by atoms with E-state index in [0.717, 1.165) is 52.9 Å². The van der Waals surface area contributed by atoms with Gasteiger partial charge in [-0.1, -0.05) is 6.07 Å². The van der Waals surface area contributed by atoms with Crippen LogP contribution in [0.2, 0.25) is 0 Å². The minimum absolute atomic E-state index is 0.0207. The number of nitrogens with one attached hydrogen (secondary N) is 2. The van der Waals surface area contributed by atoms with E-state index in [1.807, 2.05) is 36.7 Å². The monoisotopic (exact) mass is 530 g/mol. The third kappa shape index (κ3) is 5.77. The van der Waals surface area contributed by atoms with Gasteiger partial charge in [0.1, 0.15) is 0 Å². The smallest absolute Gasteiger partial charge is 0.276 e. The lowest BCUT2D eigenvalue weighted by Gasteiger charge is -2.17. The van der Waals surface area contributed by atoms with E-state index in [9.17, 15) is 13.6 Å². The largest absolute Gasteiger partial charge is 0.370 e. The fraction of sp³-hybridized carbons (Fsp3) is 0.400. The Labute approximate surface area is 226 Å². The predicted molar refractivity (Wildman–Crippen MR) is 148 cm³/mol. The van der Waals surface area contributed by atoms with Gasteiger partial charge in [-0.15, -0.1) is 0 Å². The summed E-state index contributed by atoms with van der Waals surface area (Å²) in [5.74, 6) is -2.66. The Kier molecular flexibility index (Phi) is 6.97. The van der Waals surface area contributed by atoms with Gasteiger partial charge in [0.15, 0.2) is 5.69 Å². The lowest BCUT2D eigenvalue weighted by atomic mass is 9.94. The molecule has 39 heavy (non-hydrogen) atoms. The molecule has 4 aromatic rings. The maximum atomic E-state index is 13.7. The molecule has 1 aliphatic heterocycles. The van der Waals surface area contributed by atoms with Crippen LogP contribution in [0.1, 0.15) is 61.1 Å². The van der Waals surface area contributed by atoms with E-state index in [0.29, 0.717) is 30.6 Å². The van der Waals surface area contributed by atoms with E-state index < -0.39 is 5.92 Å². The zero-order chi connectivity index (χ0) is 26.8. The SMILES string of the molecule is O=C(Nc1ccc(CC2CCCC(F)(F)CC2)nc1)c1n[nH]c2ccc(-c3cncc(N4CCCC4)c3)cc12. The highest BCUT2D eigenvalue weighted by Gasteiger charge is 2.32. The van der Waals surface area contributed by atoms with Crippen molar-refractivity contribution in [3.63, 3.8) is 0 Å². The number of pyridine rings is 2. The average molecular weight is 531 g/mol. The van der Waals surface area contributed by atoms with Crippen LogP contribution >= 0.6 is 0 Å². The molecule has 4 heterocycles. The Morgan fingerprint density at radius 2 is 1.87 bits per heavy atom. The molecule has 0 radical (unpaired) electrons. The second-order valence-corrected chi connectivity index (χ2v) is 10.8. The number of hydrogen-bond acceptors (Lipinski definition) is 5. The molecule has 9 heteroatoms. The molecule has 7 nitrogen and oxygen atoms in total. The minimum Gasteiger partial charge on any atom is -0.370 e. The standard InChI is InChI=1S/C30H32F2N6O/c31-30(32)10-3-4-20(9-11-30)14-23-6-7-24(18-34-23)35-29(39)28-26-16-21(5-8-27(26)36-37-28)22-15-25(19-33-17-22)38-12-1-2-13-38/h5-8,15-20H,1-4,9-14H2,(H,35,39)(H,36,37). The van der Waals surface area contributed by atoms with E-state index in [-0.39, 0.29) is 24.7 Å². The van der Waals surface area contributed by atoms with Crippen molar-refractivity contribution in [3.8, 4) is 11.1 Å². The van der Waals surface area contributed by atoms with E-state index >= 15 is 0 Å². The number of anilines is 2. The van der Waals surface area contributed by atoms with Gasteiger partial charge in [0, 0.05) is 48.8 Å². The van der Waals surface area contributed by atoms with Crippen LogP contribution in [0.5, 0.6) is 0 Å². The number of nitrogens with zero attached hydrogens (tertiary/aromatic N) is 4. The zero-order valence-corrected chi connectivity index (χ0v) is 21.8. The quantitative estimate of drug-likeness (QED) is 0.273. The molecule has 1 aromatic carbocycles. The van der Waals surface area contributed by atoms with Gasteiger partial charge in [-0.05, 0) is 80.3 Å². The third-order valence-electron chi connectivity index (χ3n) is 7.96. The first kappa shape index (κ1) is 25.4. The van der Waals surface area contributed by atoms with Crippen molar-refractivity contribution < 1.29 is 13.6 Å². The molecule has 0 bridgehead atoms. The molecule has 2 N–H and O–H groups in total. The number of halogens is 2. The van der Waals surface area contributed by atoms with Gasteiger partial charge in [-0.25, -0.2) is 8.78 Å². The summed E-state index contributed by atoms with van der Waals surface area (Å²) in [5.41, 5.74) is 5.56. The molecule has 1 atom stereocenters. The summed E-state index contributed by atoms with van der Waals surface area (Å²) < 4.78 is 27.4. The van der Waals surface area contributed by atoms with Crippen LogP contribution in [-0.2, 0) is 6.42 Å². The Bertz CT molecular complexity index is 1460. The normalized spacial score (nSPS) is 19.2. The van der Waals surface area contributed by atoms with Gasteiger partial charge in [-0.2, -0.15) is 5.10 Å². The number of carbonyl (C=O) groups is 1. The average Bonchev–Trinajstić information content (AvgIpc) is 3.60. The first-order valence-electron chi connectivity index (χ1n) is 13.8. The summed E-state index contributed by atoms with van der Waals surface area (Å²) in [6, 6.07) is 11.7. The lowest BCUT2D eigenvalue weighted by Crippen LogP contribution is -2.17. The van der Waals surface area contributed by atoms with Crippen LogP contribution in [0.3, 0.4) is 0 Å². The predicted octanol–water partition coefficient (Wildman–Crippen LogP) is 6.63. The van der Waals surface area contributed by atoms with Gasteiger partial charge in [0.25, 0.3) is 5.91 Å². The topological polar surface area (TPSA) is 86.8 Å². The van der Waals surface area contributed by atoms with E-state index in [4.69, 9.17) is 0 Å². The van der Waals surface area contributed by atoms with Crippen molar-refractivity contribution in [2.24, 2.45) is 5.92 Å². The highest BCUT2D eigenvalue weighted by molar-refractivity contribution is 6.11. The number of benzene rings is 1. The maximum absolute atomic E-state index is 13.7. The van der Waals surface area contributed by atoms with Crippen LogP contribution in [0.25, 0.3) is 22.0 Å². The van der Waals surface area contributed by atoms with Crippen LogP contribution in [0, 0.1) is 5.92 Å². The van der Waals surface area contributed by atoms with E-state index in [1.165, 1.54) is 12.8 Å². The summed E-state index contributed by atoms with van der Waals surface area (Å²) in [4.78, 5) is 24.4. The van der Waals surface area contributed by atoms with Crippen LogP contribution in [0.15, 0.2) is 55.0 Å². The molecule has 0 spiro atoms. The summed E-state index contributed by atoms with van der Waals surface area (Å²) >= 11 is 0. The Hall–Kier alpha value is -3.88. The highest BCUT2D eigenvalue weighted by Crippen LogP contribution is 2.35. The van der Waals surface area contributed by atoms with Crippen molar-refractivity contribution in [2.75, 3.05) is 23.3 Å². The number of H-pyrrole nitrogens is 1. The molecule has 2 fully saturated rings. The number of aromatic nitrogens is 4. The molecule has 1 amide bonds. The lowest BCUT2D eigenvalue weighted by molar-refractivity contribution is -0.0148. The molecule has 1 aliphatic carbocycles. The Morgan fingerprint density at radius 3 is 2.69 bits per heavy atom. The number of fused-ring (bicyclic) bond motifs is 1. The van der Waals surface area contributed by atoms with Crippen molar-refractivity contribution in [1.82, 2.24) is 20.2 Å². The molecule has 6 rings (SSSR count). The van der Waals surface area contributed by atoms with Gasteiger partial charge >= 0.3 is 0 Å². The van der Waals surface area contributed by atoms with Gasteiger partial charge in [-0.3, -0.25) is 19.9 Å². The number of aromatic amines is 1. The molecular weight excluding hydrogens is 498 g/mol. The Balaban J connectivity index is 1.15. The fourth-order valence-electron chi connectivity index (χ4n) is 5.74. The van der Waals surface area contributed by atoms with Crippen molar-refractivity contribution in [2.45, 2.75) is 57.3 Å². The van der Waals surface area contributed by atoms with Gasteiger partial charge in [0.05, 0.1) is 29.3 Å². The summed E-state index contributed by atoms with van der Waals surface area (Å²) in [6.07, 6.45) is 10.2. The molecule has 1 saturated carbocycles. The molecule has 1 unspecified atom stereocenters.